The topological polar surface area (TPSA) is 59.4 Å². The third-order valence-corrected chi connectivity index (χ3v) is 2.63. The number of hydrogen-bond acceptors (Lipinski definition) is 3. The second-order valence-corrected chi connectivity index (χ2v) is 4.11. The fourth-order valence-corrected chi connectivity index (χ4v) is 1.72. The number of carbonyl (C=O) groups is 1. The van der Waals surface area contributed by atoms with Crippen molar-refractivity contribution in [3.63, 3.8) is 0 Å². The molecule has 21 heavy (non-hydrogen) atoms. The van der Waals surface area contributed by atoms with Crippen molar-refractivity contribution in [2.24, 2.45) is 0 Å². The number of benzene rings is 1. The van der Waals surface area contributed by atoms with Gasteiger partial charge in [-0.2, -0.15) is 13.2 Å². The van der Waals surface area contributed by atoms with Crippen molar-refractivity contribution in [3.8, 4) is 5.75 Å². The van der Waals surface area contributed by atoms with Crippen molar-refractivity contribution >= 4 is 5.97 Å². The van der Waals surface area contributed by atoms with Crippen LogP contribution >= 0.6 is 0 Å². The first-order chi connectivity index (χ1) is 9.89. The van der Waals surface area contributed by atoms with Crippen molar-refractivity contribution < 1.29 is 27.8 Å². The molecule has 0 unspecified atom stereocenters. The van der Waals surface area contributed by atoms with Gasteiger partial charge in [-0.3, -0.25) is 4.98 Å². The van der Waals surface area contributed by atoms with E-state index < -0.39 is 23.4 Å². The van der Waals surface area contributed by atoms with E-state index in [1.165, 1.54) is 0 Å². The number of aromatic nitrogens is 1. The van der Waals surface area contributed by atoms with Gasteiger partial charge in [-0.05, 0) is 11.6 Å². The van der Waals surface area contributed by atoms with Gasteiger partial charge in [0.15, 0.2) is 5.69 Å². The number of pyridine rings is 1. The lowest BCUT2D eigenvalue weighted by Gasteiger charge is -2.13. The summed E-state index contributed by atoms with van der Waals surface area (Å²) in [6.45, 7) is -0.0393. The Hall–Kier alpha value is -2.57. The van der Waals surface area contributed by atoms with Crippen molar-refractivity contribution in [2.45, 2.75) is 12.8 Å². The van der Waals surface area contributed by atoms with Crippen LogP contribution in [0.5, 0.6) is 5.75 Å². The van der Waals surface area contributed by atoms with E-state index in [2.05, 4.69) is 4.98 Å². The molecule has 0 radical (unpaired) electrons. The van der Waals surface area contributed by atoms with Crippen LogP contribution in [0.4, 0.5) is 13.2 Å². The van der Waals surface area contributed by atoms with Crippen LogP contribution in [0, 0.1) is 0 Å². The van der Waals surface area contributed by atoms with E-state index in [-0.39, 0.29) is 12.4 Å². The molecule has 2 rings (SSSR count). The molecule has 1 aromatic heterocycles. The Kier molecular flexibility index (Phi) is 4.11. The lowest BCUT2D eigenvalue weighted by Crippen LogP contribution is -2.16. The van der Waals surface area contributed by atoms with Crippen LogP contribution in [0.25, 0.3) is 0 Å². The Balaban J connectivity index is 2.33. The fraction of sp³-hybridized carbons (Fsp3) is 0.143. The Morgan fingerprint density at radius 1 is 1.19 bits per heavy atom. The number of nitrogens with zero attached hydrogens (tertiary/aromatic N) is 1. The number of aromatic carboxylic acids is 1. The van der Waals surface area contributed by atoms with Crippen molar-refractivity contribution in [3.05, 3.63) is 59.4 Å². The van der Waals surface area contributed by atoms with Gasteiger partial charge in [0.25, 0.3) is 0 Å². The van der Waals surface area contributed by atoms with Crippen molar-refractivity contribution in [2.75, 3.05) is 0 Å². The average Bonchev–Trinajstić information content (AvgIpc) is 2.44. The molecule has 1 heterocycles. The molecular weight excluding hydrogens is 287 g/mol. The first-order valence-electron chi connectivity index (χ1n) is 5.86. The molecule has 0 aliphatic heterocycles. The van der Waals surface area contributed by atoms with Crippen LogP contribution in [0.1, 0.15) is 21.6 Å². The standard InChI is InChI=1S/C14H10F3NO3/c15-14(16,17)12-11(13(19)20)10(6-7-18-12)21-8-9-4-2-1-3-5-9/h1-7H,8H2,(H,19,20). The summed E-state index contributed by atoms with van der Waals surface area (Å²) < 4.78 is 43.5. The first-order valence-corrected chi connectivity index (χ1v) is 5.86. The minimum absolute atomic E-state index is 0.0393. The van der Waals surface area contributed by atoms with E-state index in [9.17, 15) is 18.0 Å². The molecule has 0 bridgehead atoms. The number of carboxylic acids is 1. The Morgan fingerprint density at radius 2 is 1.86 bits per heavy atom. The van der Waals surface area contributed by atoms with E-state index in [0.29, 0.717) is 5.56 Å². The third kappa shape index (κ3) is 3.50. The van der Waals surface area contributed by atoms with E-state index in [4.69, 9.17) is 9.84 Å². The second kappa shape index (κ2) is 5.82. The van der Waals surface area contributed by atoms with Gasteiger partial charge in [0.2, 0.25) is 0 Å². The lowest BCUT2D eigenvalue weighted by atomic mass is 10.1. The maximum absolute atomic E-state index is 12.8. The van der Waals surface area contributed by atoms with Gasteiger partial charge >= 0.3 is 12.1 Å². The molecular formula is C14H10F3NO3. The summed E-state index contributed by atoms with van der Waals surface area (Å²) in [5.74, 6) is -2.10. The first kappa shape index (κ1) is 14.8. The lowest BCUT2D eigenvalue weighted by molar-refractivity contribution is -0.141. The highest BCUT2D eigenvalue weighted by Gasteiger charge is 2.39. The second-order valence-electron chi connectivity index (χ2n) is 4.11. The number of rotatable bonds is 4. The Morgan fingerprint density at radius 3 is 2.43 bits per heavy atom. The minimum Gasteiger partial charge on any atom is -0.488 e. The molecule has 4 nitrogen and oxygen atoms in total. The predicted octanol–water partition coefficient (Wildman–Crippen LogP) is 3.38. The van der Waals surface area contributed by atoms with E-state index >= 15 is 0 Å². The maximum Gasteiger partial charge on any atom is 0.434 e. The summed E-state index contributed by atoms with van der Waals surface area (Å²) >= 11 is 0. The van der Waals surface area contributed by atoms with Gasteiger partial charge in [0, 0.05) is 6.20 Å². The van der Waals surface area contributed by atoms with Gasteiger partial charge in [-0.1, -0.05) is 30.3 Å². The molecule has 0 aliphatic rings. The summed E-state index contributed by atoms with van der Waals surface area (Å²) in [5.41, 5.74) is -1.75. The quantitative estimate of drug-likeness (QED) is 0.940. The molecule has 0 aliphatic carbocycles. The smallest absolute Gasteiger partial charge is 0.434 e. The monoisotopic (exact) mass is 297 g/mol. The van der Waals surface area contributed by atoms with Gasteiger partial charge in [0.05, 0.1) is 0 Å². The molecule has 7 heteroatoms. The molecule has 0 atom stereocenters. The normalized spacial score (nSPS) is 11.2. The van der Waals surface area contributed by atoms with Crippen molar-refractivity contribution in [1.29, 1.82) is 0 Å². The number of ether oxygens (including phenoxy) is 1. The summed E-state index contributed by atoms with van der Waals surface area (Å²) in [7, 11) is 0. The van der Waals surface area contributed by atoms with Crippen LogP contribution < -0.4 is 4.74 Å². The van der Waals surface area contributed by atoms with Crippen LogP contribution in [0.2, 0.25) is 0 Å². The zero-order valence-corrected chi connectivity index (χ0v) is 10.6. The molecule has 0 saturated carbocycles. The number of alkyl halides is 3. The maximum atomic E-state index is 12.8. The molecule has 1 aromatic carbocycles. The molecule has 0 amide bonds. The molecule has 0 spiro atoms. The van der Waals surface area contributed by atoms with E-state index in [1.54, 1.807) is 30.3 Å². The van der Waals surface area contributed by atoms with Crippen LogP contribution in [-0.4, -0.2) is 16.1 Å². The summed E-state index contributed by atoms with van der Waals surface area (Å²) in [6.07, 6.45) is -3.99. The van der Waals surface area contributed by atoms with Gasteiger partial charge in [0.1, 0.15) is 17.9 Å². The Labute approximate surface area is 117 Å². The predicted molar refractivity (Wildman–Crippen MR) is 67.0 cm³/mol. The van der Waals surface area contributed by atoms with Gasteiger partial charge in [-0.25, -0.2) is 4.79 Å². The van der Waals surface area contributed by atoms with E-state index in [1.807, 2.05) is 0 Å². The van der Waals surface area contributed by atoms with Crippen LogP contribution in [0.3, 0.4) is 0 Å². The zero-order chi connectivity index (χ0) is 15.5. The largest absolute Gasteiger partial charge is 0.488 e. The summed E-state index contributed by atoms with van der Waals surface area (Å²) in [5, 5.41) is 8.99. The van der Waals surface area contributed by atoms with E-state index in [0.717, 1.165) is 12.3 Å². The highest BCUT2D eigenvalue weighted by molar-refractivity contribution is 5.92. The van der Waals surface area contributed by atoms with Gasteiger partial charge < -0.3 is 9.84 Å². The van der Waals surface area contributed by atoms with Crippen LogP contribution in [-0.2, 0) is 12.8 Å². The number of hydrogen-bond donors (Lipinski definition) is 1. The highest BCUT2D eigenvalue weighted by Crippen LogP contribution is 2.34. The molecule has 0 fully saturated rings. The third-order valence-electron chi connectivity index (χ3n) is 2.63. The highest BCUT2D eigenvalue weighted by atomic mass is 19.4. The minimum atomic E-state index is -4.86. The number of halogens is 3. The molecule has 110 valence electrons. The molecule has 1 N–H and O–H groups in total. The number of carboxylic acid groups (broad SMARTS) is 1. The SMILES string of the molecule is O=C(O)c1c(OCc2ccccc2)ccnc1C(F)(F)F. The van der Waals surface area contributed by atoms with Gasteiger partial charge in [-0.15, -0.1) is 0 Å². The molecule has 0 saturated heterocycles. The van der Waals surface area contributed by atoms with Crippen LogP contribution in [0.15, 0.2) is 42.6 Å². The average molecular weight is 297 g/mol. The summed E-state index contributed by atoms with van der Waals surface area (Å²) in [6, 6.07) is 9.79. The summed E-state index contributed by atoms with van der Waals surface area (Å²) in [4.78, 5) is 14.2. The Bertz CT molecular complexity index is 642. The zero-order valence-electron chi connectivity index (χ0n) is 10.6. The fourth-order valence-electron chi connectivity index (χ4n) is 1.72. The van der Waals surface area contributed by atoms with Crippen molar-refractivity contribution in [1.82, 2.24) is 4.98 Å². The molecule has 2 aromatic rings.